The van der Waals surface area contributed by atoms with Crippen molar-refractivity contribution in [2.45, 2.75) is 13.3 Å². The molecule has 0 aromatic heterocycles. The number of rotatable bonds is 1. The molecule has 0 saturated carbocycles. The van der Waals surface area contributed by atoms with Gasteiger partial charge < -0.3 is 4.74 Å². The molecule has 0 aromatic rings. The smallest absolute Gasteiger partial charge is 0.307 e. The van der Waals surface area contributed by atoms with Crippen LogP contribution in [0.2, 0.25) is 0 Å². The number of carbonyl (C=O) groups excluding carboxylic acids is 1. The molecule has 0 amide bonds. The van der Waals surface area contributed by atoms with Gasteiger partial charge in [-0.3, -0.25) is 4.79 Å². The zero-order chi connectivity index (χ0) is 8.53. The summed E-state index contributed by atoms with van der Waals surface area (Å²) in [6.07, 6.45) is 10.6. The first kappa shape index (κ1) is 9.69. The first-order chi connectivity index (χ1) is 5.27. The predicted octanol–water partition coefficient (Wildman–Crippen LogP) is 2.20. The molecule has 2 heteroatoms. The van der Waals surface area contributed by atoms with Gasteiger partial charge in [0.2, 0.25) is 0 Å². The Morgan fingerprint density at radius 2 is 2.09 bits per heavy atom. The summed E-state index contributed by atoms with van der Waals surface area (Å²) in [5, 5.41) is 0. The van der Waals surface area contributed by atoms with Crippen molar-refractivity contribution in [1.29, 1.82) is 0 Å². The van der Waals surface area contributed by atoms with Crippen LogP contribution in [0.5, 0.6) is 0 Å². The highest BCUT2D eigenvalue weighted by Gasteiger charge is 1.79. The molecule has 0 bridgehead atoms. The Balaban J connectivity index is 0.000000183. The third-order valence-electron chi connectivity index (χ3n) is 0.905. The molecule has 0 aliphatic heterocycles. The zero-order valence-corrected chi connectivity index (χ0v) is 6.62. The highest BCUT2D eigenvalue weighted by molar-refractivity contribution is 5.66. The van der Waals surface area contributed by atoms with Gasteiger partial charge in [0.1, 0.15) is 0 Å². The summed E-state index contributed by atoms with van der Waals surface area (Å²) in [4.78, 5) is 9.75. The fraction of sp³-hybridized carbons (Fsp3) is 0.222. The average molecular weight is 152 g/mol. The van der Waals surface area contributed by atoms with E-state index < -0.39 is 0 Å². The van der Waals surface area contributed by atoms with Crippen molar-refractivity contribution in [2.24, 2.45) is 0 Å². The largest absolute Gasteiger partial charge is 0.435 e. The first-order valence-corrected chi connectivity index (χ1v) is 3.37. The van der Waals surface area contributed by atoms with E-state index in [-0.39, 0.29) is 5.97 Å². The molecular formula is C9H12O2. The number of esters is 1. The van der Waals surface area contributed by atoms with Gasteiger partial charge in [0.25, 0.3) is 0 Å². The molecule has 0 saturated heterocycles. The van der Waals surface area contributed by atoms with E-state index in [0.29, 0.717) is 0 Å². The Labute approximate surface area is 66.9 Å². The molecule has 11 heavy (non-hydrogen) atoms. The third kappa shape index (κ3) is 8.69. The standard InChI is InChI=1S/C5H6.C4H6O2/c1-2-4-5-3-1;1-3-6-4(2)5/h1-4H,5H2;3H,1H2,2H3. The molecule has 0 aromatic carbocycles. The van der Waals surface area contributed by atoms with Crippen molar-refractivity contribution < 1.29 is 9.53 Å². The maximum Gasteiger partial charge on any atom is 0.307 e. The van der Waals surface area contributed by atoms with Gasteiger partial charge in [0.05, 0.1) is 6.26 Å². The molecule has 2 nitrogen and oxygen atoms in total. The van der Waals surface area contributed by atoms with Crippen molar-refractivity contribution in [1.82, 2.24) is 0 Å². The second-order valence-corrected chi connectivity index (χ2v) is 1.87. The molecule has 1 rings (SSSR count). The summed E-state index contributed by atoms with van der Waals surface area (Å²) in [5.41, 5.74) is 0. The van der Waals surface area contributed by atoms with Gasteiger partial charge in [0, 0.05) is 6.92 Å². The Kier molecular flexibility index (Phi) is 5.99. The van der Waals surface area contributed by atoms with Crippen LogP contribution in [0, 0.1) is 0 Å². The zero-order valence-electron chi connectivity index (χ0n) is 6.62. The number of carbonyl (C=O) groups is 1. The third-order valence-corrected chi connectivity index (χ3v) is 0.905. The Morgan fingerprint density at radius 1 is 1.55 bits per heavy atom. The molecule has 0 N–H and O–H groups in total. The summed E-state index contributed by atoms with van der Waals surface area (Å²) in [5.74, 6) is -0.329. The van der Waals surface area contributed by atoms with Crippen molar-refractivity contribution in [2.75, 3.05) is 0 Å². The van der Waals surface area contributed by atoms with Gasteiger partial charge in [-0.05, 0) is 6.42 Å². The van der Waals surface area contributed by atoms with Crippen LogP contribution in [-0.2, 0) is 9.53 Å². The van der Waals surface area contributed by atoms with Crippen LogP contribution in [0.3, 0.4) is 0 Å². The van der Waals surface area contributed by atoms with Gasteiger partial charge in [0.15, 0.2) is 0 Å². The van der Waals surface area contributed by atoms with Crippen LogP contribution >= 0.6 is 0 Å². The molecule has 0 spiro atoms. The predicted molar refractivity (Wildman–Crippen MR) is 44.9 cm³/mol. The minimum atomic E-state index is -0.329. The summed E-state index contributed by atoms with van der Waals surface area (Å²) < 4.78 is 4.17. The molecule has 0 heterocycles. The number of allylic oxidation sites excluding steroid dienone is 4. The van der Waals surface area contributed by atoms with E-state index >= 15 is 0 Å². The van der Waals surface area contributed by atoms with Crippen LogP contribution in [-0.4, -0.2) is 5.97 Å². The van der Waals surface area contributed by atoms with E-state index in [1.165, 1.54) is 6.92 Å². The summed E-state index contributed by atoms with van der Waals surface area (Å²) in [7, 11) is 0. The van der Waals surface area contributed by atoms with Gasteiger partial charge in [-0.25, -0.2) is 0 Å². The maximum atomic E-state index is 9.75. The van der Waals surface area contributed by atoms with Crippen molar-refractivity contribution >= 4 is 5.97 Å². The molecule has 0 atom stereocenters. The second kappa shape index (κ2) is 6.81. The highest BCUT2D eigenvalue weighted by atomic mass is 16.5. The molecule has 0 unspecified atom stereocenters. The van der Waals surface area contributed by atoms with Crippen LogP contribution in [0.15, 0.2) is 37.1 Å². The van der Waals surface area contributed by atoms with Gasteiger partial charge in [-0.2, -0.15) is 0 Å². The van der Waals surface area contributed by atoms with Crippen molar-refractivity contribution in [3.8, 4) is 0 Å². The summed E-state index contributed by atoms with van der Waals surface area (Å²) in [6.45, 7) is 4.48. The normalized spacial score (nSPS) is 11.7. The highest BCUT2D eigenvalue weighted by Crippen LogP contribution is 1.93. The lowest BCUT2D eigenvalue weighted by Gasteiger charge is -1.83. The molecule has 0 radical (unpaired) electrons. The molecule has 1 aliphatic carbocycles. The van der Waals surface area contributed by atoms with Crippen LogP contribution < -0.4 is 0 Å². The topological polar surface area (TPSA) is 26.3 Å². The Morgan fingerprint density at radius 3 is 2.18 bits per heavy atom. The molecular weight excluding hydrogens is 140 g/mol. The lowest BCUT2D eigenvalue weighted by Crippen LogP contribution is -1.87. The van der Waals surface area contributed by atoms with Gasteiger partial charge in [-0.1, -0.05) is 30.9 Å². The number of hydrogen-bond donors (Lipinski definition) is 0. The lowest BCUT2D eigenvalue weighted by atomic mass is 10.5. The number of hydrogen-bond acceptors (Lipinski definition) is 2. The lowest BCUT2D eigenvalue weighted by molar-refractivity contribution is -0.135. The molecule has 0 fully saturated rings. The SMILES string of the molecule is C1=CCC=C1.C=COC(C)=O. The van der Waals surface area contributed by atoms with Crippen molar-refractivity contribution in [3.05, 3.63) is 37.1 Å². The van der Waals surface area contributed by atoms with Crippen LogP contribution in [0.4, 0.5) is 0 Å². The Hall–Kier alpha value is -1.31. The maximum absolute atomic E-state index is 9.75. The van der Waals surface area contributed by atoms with Gasteiger partial charge >= 0.3 is 5.97 Å². The minimum Gasteiger partial charge on any atom is -0.435 e. The van der Waals surface area contributed by atoms with E-state index in [2.05, 4.69) is 35.6 Å². The quantitative estimate of drug-likeness (QED) is 0.425. The summed E-state index contributed by atoms with van der Waals surface area (Å²) in [6, 6.07) is 0. The van der Waals surface area contributed by atoms with Crippen molar-refractivity contribution in [3.63, 3.8) is 0 Å². The first-order valence-electron chi connectivity index (χ1n) is 3.37. The molecule has 60 valence electrons. The fourth-order valence-electron chi connectivity index (χ4n) is 0.510. The Bertz CT molecular complexity index is 168. The van der Waals surface area contributed by atoms with E-state index in [9.17, 15) is 4.79 Å². The fourth-order valence-corrected chi connectivity index (χ4v) is 0.510. The monoisotopic (exact) mass is 152 g/mol. The van der Waals surface area contributed by atoms with E-state index in [1.54, 1.807) is 0 Å². The van der Waals surface area contributed by atoms with Crippen LogP contribution in [0.1, 0.15) is 13.3 Å². The van der Waals surface area contributed by atoms with E-state index in [4.69, 9.17) is 0 Å². The van der Waals surface area contributed by atoms with Crippen LogP contribution in [0.25, 0.3) is 0 Å². The average Bonchev–Trinajstić information content (AvgIpc) is 2.41. The second-order valence-electron chi connectivity index (χ2n) is 1.87. The number of ether oxygens (including phenoxy) is 1. The van der Waals surface area contributed by atoms with E-state index in [1.807, 2.05) is 0 Å². The minimum absolute atomic E-state index is 0.329. The van der Waals surface area contributed by atoms with Gasteiger partial charge in [-0.15, -0.1) is 0 Å². The summed E-state index contributed by atoms with van der Waals surface area (Å²) >= 11 is 0. The van der Waals surface area contributed by atoms with E-state index in [0.717, 1.165) is 12.7 Å². The molecule has 1 aliphatic rings.